The van der Waals surface area contributed by atoms with E-state index in [2.05, 4.69) is 10.2 Å². The van der Waals surface area contributed by atoms with Crippen molar-refractivity contribution in [1.29, 1.82) is 0 Å². The van der Waals surface area contributed by atoms with Crippen LogP contribution in [0.15, 0.2) is 65.6 Å². The SMILES string of the molecule is Cn1ccc2cc(-n3c(-c4cc(CCc5cccc(F)c5F)c(O)cc4O)n[nH]c3=O)ccc21. The van der Waals surface area contributed by atoms with Crippen LogP contribution in [0.3, 0.4) is 0 Å². The number of aromatic nitrogens is 4. The number of hydrogen-bond acceptors (Lipinski definition) is 4. The van der Waals surface area contributed by atoms with Crippen molar-refractivity contribution >= 4 is 10.9 Å². The fourth-order valence-electron chi connectivity index (χ4n) is 4.14. The van der Waals surface area contributed by atoms with E-state index in [1.807, 2.05) is 36.0 Å². The first-order valence-corrected chi connectivity index (χ1v) is 10.5. The van der Waals surface area contributed by atoms with Gasteiger partial charge in [0.1, 0.15) is 11.5 Å². The molecule has 0 bridgehead atoms. The average Bonchev–Trinajstić information content (AvgIpc) is 3.38. The Labute approximate surface area is 192 Å². The number of benzene rings is 3. The van der Waals surface area contributed by atoms with Crippen molar-refractivity contribution in [1.82, 2.24) is 19.3 Å². The summed E-state index contributed by atoms with van der Waals surface area (Å²) in [5, 5.41) is 28.3. The van der Waals surface area contributed by atoms with Gasteiger partial charge in [0.2, 0.25) is 0 Å². The first-order valence-electron chi connectivity index (χ1n) is 10.5. The summed E-state index contributed by atoms with van der Waals surface area (Å²) in [7, 11) is 1.92. The Kier molecular flexibility index (Phi) is 5.16. The molecule has 0 fully saturated rings. The molecule has 3 N–H and O–H groups in total. The van der Waals surface area contributed by atoms with Gasteiger partial charge in [-0.1, -0.05) is 12.1 Å². The first kappa shape index (κ1) is 21.4. The van der Waals surface area contributed by atoms with Crippen LogP contribution in [-0.4, -0.2) is 29.5 Å². The van der Waals surface area contributed by atoms with Crippen molar-refractivity contribution in [3.63, 3.8) is 0 Å². The highest BCUT2D eigenvalue weighted by molar-refractivity contribution is 5.82. The molecule has 0 aliphatic carbocycles. The van der Waals surface area contributed by atoms with Gasteiger partial charge in [-0.05, 0) is 60.4 Å². The van der Waals surface area contributed by atoms with Crippen LogP contribution in [0.1, 0.15) is 11.1 Å². The lowest BCUT2D eigenvalue weighted by Gasteiger charge is -2.12. The minimum atomic E-state index is -0.941. The molecule has 5 rings (SSSR count). The molecule has 0 spiro atoms. The Morgan fingerprint density at radius 3 is 2.59 bits per heavy atom. The second kappa shape index (κ2) is 8.18. The third-order valence-electron chi connectivity index (χ3n) is 5.93. The maximum atomic E-state index is 14.0. The Hall–Kier alpha value is -4.40. The number of nitrogens with zero attached hydrogens (tertiary/aromatic N) is 3. The van der Waals surface area contributed by atoms with Crippen molar-refractivity contribution < 1.29 is 19.0 Å². The van der Waals surface area contributed by atoms with E-state index in [-0.39, 0.29) is 41.3 Å². The molecule has 3 aromatic carbocycles. The maximum absolute atomic E-state index is 14.0. The third kappa shape index (κ3) is 3.61. The number of nitrogens with one attached hydrogen (secondary N) is 1. The Morgan fingerprint density at radius 2 is 1.76 bits per heavy atom. The number of aromatic amines is 1. The fraction of sp³-hybridized carbons (Fsp3) is 0.120. The molecule has 0 saturated carbocycles. The Bertz CT molecular complexity index is 1600. The Morgan fingerprint density at radius 1 is 0.971 bits per heavy atom. The van der Waals surface area contributed by atoms with Gasteiger partial charge in [0.05, 0.1) is 11.3 Å². The predicted molar refractivity (Wildman–Crippen MR) is 123 cm³/mol. The molecule has 0 saturated heterocycles. The lowest BCUT2D eigenvalue weighted by atomic mass is 10.00. The largest absolute Gasteiger partial charge is 0.508 e. The summed E-state index contributed by atoms with van der Waals surface area (Å²) in [5.74, 6) is -2.20. The zero-order valence-electron chi connectivity index (χ0n) is 18.1. The number of phenolic OH excluding ortho intramolecular Hbond substituents is 2. The number of fused-ring (bicyclic) bond motifs is 1. The van der Waals surface area contributed by atoms with Crippen LogP contribution in [0.25, 0.3) is 28.0 Å². The van der Waals surface area contributed by atoms with Crippen LogP contribution >= 0.6 is 0 Å². The number of aromatic hydroxyl groups is 2. The molecular weight excluding hydrogens is 442 g/mol. The highest BCUT2D eigenvalue weighted by Gasteiger charge is 2.19. The van der Waals surface area contributed by atoms with Crippen molar-refractivity contribution in [2.75, 3.05) is 0 Å². The molecule has 0 aliphatic heterocycles. The summed E-state index contributed by atoms with van der Waals surface area (Å²) in [4.78, 5) is 12.6. The van der Waals surface area contributed by atoms with Gasteiger partial charge in [-0.15, -0.1) is 0 Å². The summed E-state index contributed by atoms with van der Waals surface area (Å²) in [6.45, 7) is 0. The van der Waals surface area contributed by atoms with Crippen LogP contribution in [0, 0.1) is 11.6 Å². The zero-order valence-corrected chi connectivity index (χ0v) is 18.1. The summed E-state index contributed by atoms with van der Waals surface area (Å²) >= 11 is 0. The highest BCUT2D eigenvalue weighted by atomic mass is 19.2. The minimum absolute atomic E-state index is 0.124. The van der Waals surface area contributed by atoms with Crippen LogP contribution < -0.4 is 5.69 Å². The second-order valence-corrected chi connectivity index (χ2v) is 8.07. The van der Waals surface area contributed by atoms with Crippen molar-refractivity contribution in [2.45, 2.75) is 12.8 Å². The number of H-pyrrole nitrogens is 1. The summed E-state index contributed by atoms with van der Waals surface area (Å²) in [6.07, 6.45) is 2.20. The van der Waals surface area contributed by atoms with Gasteiger partial charge >= 0.3 is 5.69 Å². The van der Waals surface area contributed by atoms with E-state index < -0.39 is 17.3 Å². The van der Waals surface area contributed by atoms with E-state index in [0.717, 1.165) is 23.0 Å². The van der Waals surface area contributed by atoms with E-state index in [9.17, 15) is 23.8 Å². The predicted octanol–water partition coefficient (Wildman–Crippen LogP) is 4.19. The summed E-state index contributed by atoms with van der Waals surface area (Å²) in [5.41, 5.74) is 1.79. The quantitative estimate of drug-likeness (QED) is 0.365. The molecule has 0 amide bonds. The lowest BCUT2D eigenvalue weighted by Crippen LogP contribution is -2.15. The first-order chi connectivity index (χ1) is 16.3. The summed E-state index contributed by atoms with van der Waals surface area (Å²) in [6, 6.07) is 14.0. The van der Waals surface area contributed by atoms with Crippen LogP contribution in [0.5, 0.6) is 11.5 Å². The molecule has 0 unspecified atom stereocenters. The van der Waals surface area contributed by atoms with E-state index in [0.29, 0.717) is 11.3 Å². The molecule has 2 aromatic heterocycles. The summed E-state index contributed by atoms with van der Waals surface area (Å²) < 4.78 is 30.8. The molecule has 2 heterocycles. The maximum Gasteiger partial charge on any atom is 0.348 e. The lowest BCUT2D eigenvalue weighted by molar-refractivity contribution is 0.446. The van der Waals surface area contributed by atoms with E-state index in [1.54, 1.807) is 6.07 Å². The molecule has 5 aromatic rings. The number of halogens is 2. The normalized spacial score (nSPS) is 11.4. The number of phenols is 2. The van der Waals surface area contributed by atoms with Gasteiger partial charge in [-0.3, -0.25) is 0 Å². The van der Waals surface area contributed by atoms with Gasteiger partial charge in [0.15, 0.2) is 17.5 Å². The van der Waals surface area contributed by atoms with Crippen LogP contribution in [0.4, 0.5) is 8.78 Å². The molecular formula is C25H20F2N4O3. The highest BCUT2D eigenvalue weighted by Crippen LogP contribution is 2.35. The van der Waals surface area contributed by atoms with Crippen molar-refractivity contribution in [3.05, 3.63) is 94.0 Å². The van der Waals surface area contributed by atoms with Gasteiger partial charge in [0.25, 0.3) is 0 Å². The molecule has 0 radical (unpaired) electrons. The monoisotopic (exact) mass is 462 g/mol. The number of aryl methyl sites for hydroxylation is 3. The molecule has 9 heteroatoms. The van der Waals surface area contributed by atoms with Crippen LogP contribution in [-0.2, 0) is 19.9 Å². The van der Waals surface area contributed by atoms with E-state index >= 15 is 0 Å². The van der Waals surface area contributed by atoms with Gasteiger partial charge in [-0.25, -0.2) is 23.2 Å². The van der Waals surface area contributed by atoms with Gasteiger partial charge in [0, 0.05) is 30.2 Å². The molecule has 172 valence electrons. The number of rotatable bonds is 5. The number of hydrogen-bond donors (Lipinski definition) is 3. The van der Waals surface area contributed by atoms with E-state index in [4.69, 9.17) is 0 Å². The zero-order chi connectivity index (χ0) is 24.0. The van der Waals surface area contributed by atoms with Crippen molar-refractivity contribution in [3.8, 4) is 28.6 Å². The van der Waals surface area contributed by atoms with E-state index in [1.165, 1.54) is 22.8 Å². The average molecular weight is 462 g/mol. The molecule has 0 aliphatic rings. The minimum Gasteiger partial charge on any atom is -0.508 e. The Balaban J connectivity index is 1.55. The van der Waals surface area contributed by atoms with Crippen LogP contribution in [0.2, 0.25) is 0 Å². The second-order valence-electron chi connectivity index (χ2n) is 8.07. The van der Waals surface area contributed by atoms with Gasteiger partial charge in [-0.2, -0.15) is 5.10 Å². The third-order valence-corrected chi connectivity index (χ3v) is 5.93. The van der Waals surface area contributed by atoms with Gasteiger partial charge < -0.3 is 14.8 Å². The van der Waals surface area contributed by atoms with Crippen molar-refractivity contribution in [2.24, 2.45) is 7.05 Å². The molecule has 0 atom stereocenters. The standard InChI is InChI=1S/C25H20F2N4O3/c1-30-10-9-15-11-17(7-8-20(15)30)31-24(28-29-25(31)34)18-12-16(21(32)13-22(18)33)6-5-14-3-2-4-19(26)23(14)27/h2-4,7-13,32-33H,5-6H2,1H3,(H,29,34). The topological polar surface area (TPSA) is 96.1 Å². The molecule has 34 heavy (non-hydrogen) atoms. The smallest absolute Gasteiger partial charge is 0.348 e. The molecule has 7 nitrogen and oxygen atoms in total. The fourth-order valence-corrected chi connectivity index (χ4v) is 4.14.